The number of hydrogen-bond acceptors (Lipinski definition) is 4. The van der Waals surface area contributed by atoms with Crippen LogP contribution in [0, 0.1) is 6.92 Å². The Morgan fingerprint density at radius 2 is 2.16 bits per heavy atom. The van der Waals surface area contributed by atoms with Crippen molar-refractivity contribution in [2.24, 2.45) is 7.05 Å². The van der Waals surface area contributed by atoms with Gasteiger partial charge in [0.2, 0.25) is 0 Å². The fourth-order valence-corrected chi connectivity index (χ4v) is 3.16. The Labute approximate surface area is 148 Å². The number of rotatable bonds is 6. The maximum atomic E-state index is 12.8. The monoisotopic (exact) mass is 343 g/mol. The highest BCUT2D eigenvalue weighted by atomic mass is 16.5. The van der Waals surface area contributed by atoms with Crippen LogP contribution >= 0.6 is 0 Å². The smallest absolute Gasteiger partial charge is 0.261 e. The molecular weight excluding hydrogens is 318 g/mol. The molecule has 1 aromatic heterocycles. The molecule has 2 aromatic rings. The van der Waals surface area contributed by atoms with E-state index in [4.69, 9.17) is 9.47 Å². The van der Waals surface area contributed by atoms with Crippen molar-refractivity contribution in [1.82, 2.24) is 14.5 Å². The zero-order valence-corrected chi connectivity index (χ0v) is 15.1. The number of carbonyl (C=O) groups is 1. The molecule has 0 fully saturated rings. The van der Waals surface area contributed by atoms with E-state index in [1.165, 1.54) is 5.69 Å². The molecule has 0 radical (unpaired) electrons. The Balaban J connectivity index is 1.71. The molecule has 0 N–H and O–H groups in total. The maximum absolute atomic E-state index is 12.8. The first kappa shape index (κ1) is 17.5. The summed E-state index contributed by atoms with van der Waals surface area (Å²) in [5.74, 6) is 0.706. The van der Waals surface area contributed by atoms with Crippen LogP contribution in [0.4, 0.5) is 0 Å². The van der Waals surface area contributed by atoms with Gasteiger partial charge in [0.15, 0.2) is 6.61 Å². The van der Waals surface area contributed by atoms with Gasteiger partial charge in [-0.2, -0.15) is 0 Å². The van der Waals surface area contributed by atoms with E-state index < -0.39 is 0 Å². The molecule has 1 aromatic carbocycles. The summed E-state index contributed by atoms with van der Waals surface area (Å²) < 4.78 is 13.4. The summed E-state index contributed by atoms with van der Waals surface area (Å²) in [6.45, 7) is 5.62. The van der Waals surface area contributed by atoms with Gasteiger partial charge in [0, 0.05) is 25.8 Å². The van der Waals surface area contributed by atoms with Crippen LogP contribution in [0.1, 0.15) is 23.9 Å². The minimum atomic E-state index is -0.0377. The van der Waals surface area contributed by atoms with Crippen molar-refractivity contribution < 1.29 is 14.3 Å². The van der Waals surface area contributed by atoms with Crippen molar-refractivity contribution in [1.29, 1.82) is 0 Å². The van der Waals surface area contributed by atoms with Gasteiger partial charge in [-0.1, -0.05) is 18.2 Å². The summed E-state index contributed by atoms with van der Waals surface area (Å²) in [7, 11) is 1.99. The Morgan fingerprint density at radius 3 is 2.92 bits per heavy atom. The first-order chi connectivity index (χ1) is 12.1. The fourth-order valence-electron chi connectivity index (χ4n) is 3.16. The van der Waals surface area contributed by atoms with Crippen LogP contribution < -0.4 is 4.74 Å². The van der Waals surface area contributed by atoms with Gasteiger partial charge in [-0.15, -0.1) is 0 Å². The highest BCUT2D eigenvalue weighted by Crippen LogP contribution is 2.23. The zero-order chi connectivity index (χ0) is 17.8. The number of carbonyl (C=O) groups excluding carboxylic acids is 1. The summed E-state index contributed by atoms with van der Waals surface area (Å²) in [5.41, 5.74) is 3.15. The van der Waals surface area contributed by atoms with Crippen LogP contribution in [-0.2, 0) is 29.5 Å². The van der Waals surface area contributed by atoms with Gasteiger partial charge in [0.1, 0.15) is 5.75 Å². The predicted octanol–water partition coefficient (Wildman–Crippen LogP) is 2.10. The van der Waals surface area contributed by atoms with E-state index in [0.717, 1.165) is 23.4 Å². The summed E-state index contributed by atoms with van der Waals surface area (Å²) in [6.07, 6.45) is 2.56. The van der Waals surface area contributed by atoms with E-state index in [1.54, 1.807) is 6.33 Å². The molecule has 2 heterocycles. The Bertz CT molecular complexity index is 741. The molecule has 6 heteroatoms. The average molecular weight is 343 g/mol. The number of hydrogen-bond donors (Lipinski definition) is 0. The zero-order valence-electron chi connectivity index (χ0n) is 15.1. The lowest BCUT2D eigenvalue weighted by Gasteiger charge is -2.35. The first-order valence-electron chi connectivity index (χ1n) is 8.64. The average Bonchev–Trinajstić information content (AvgIpc) is 2.98. The molecule has 0 saturated heterocycles. The minimum absolute atomic E-state index is 0.0100. The standard InChI is InChI=1S/C19H25N3O3/c1-4-24-11-15-9-17-16(20-13-21(17)3)10-22(15)19(23)12-25-18-8-6-5-7-14(18)2/h5-8,13,15H,4,9-12H2,1-3H3/t15-/m0/s1. The molecule has 1 amide bonds. The molecular formula is C19H25N3O3. The molecule has 1 atom stereocenters. The van der Waals surface area contributed by atoms with Gasteiger partial charge in [-0.3, -0.25) is 4.79 Å². The van der Waals surface area contributed by atoms with Crippen molar-refractivity contribution in [3.8, 4) is 5.75 Å². The number of imidazole rings is 1. The second-order valence-corrected chi connectivity index (χ2v) is 6.34. The number of benzene rings is 1. The van der Waals surface area contributed by atoms with Crippen LogP contribution in [0.15, 0.2) is 30.6 Å². The normalized spacial score (nSPS) is 16.6. The van der Waals surface area contributed by atoms with Gasteiger partial charge < -0.3 is 18.9 Å². The second kappa shape index (κ2) is 7.70. The number of para-hydroxylation sites is 1. The lowest BCUT2D eigenvalue weighted by Crippen LogP contribution is -2.48. The molecule has 3 rings (SSSR count). The number of aryl methyl sites for hydroxylation is 2. The number of aromatic nitrogens is 2. The van der Waals surface area contributed by atoms with Crippen molar-refractivity contribution in [2.75, 3.05) is 19.8 Å². The number of nitrogens with zero attached hydrogens (tertiary/aromatic N) is 3. The molecule has 0 spiro atoms. The van der Waals surface area contributed by atoms with Crippen LogP contribution in [0.3, 0.4) is 0 Å². The summed E-state index contributed by atoms with van der Waals surface area (Å²) in [4.78, 5) is 19.0. The van der Waals surface area contributed by atoms with Crippen LogP contribution in [-0.4, -0.2) is 46.2 Å². The first-order valence-corrected chi connectivity index (χ1v) is 8.64. The highest BCUT2D eigenvalue weighted by Gasteiger charge is 2.32. The highest BCUT2D eigenvalue weighted by molar-refractivity contribution is 5.78. The SMILES string of the molecule is CCOC[C@@H]1Cc2c(ncn2C)CN1C(=O)COc1ccccc1C. The number of fused-ring (bicyclic) bond motifs is 1. The third-order valence-corrected chi connectivity index (χ3v) is 4.61. The van der Waals surface area contributed by atoms with Gasteiger partial charge in [0.05, 0.1) is 31.2 Å². The van der Waals surface area contributed by atoms with Gasteiger partial charge in [-0.25, -0.2) is 4.98 Å². The Kier molecular flexibility index (Phi) is 5.38. The van der Waals surface area contributed by atoms with Gasteiger partial charge in [0.25, 0.3) is 5.91 Å². The molecule has 6 nitrogen and oxygen atoms in total. The Hall–Kier alpha value is -2.34. The third kappa shape index (κ3) is 3.85. The predicted molar refractivity (Wildman–Crippen MR) is 94.4 cm³/mol. The lowest BCUT2D eigenvalue weighted by atomic mass is 10.0. The molecule has 1 aliphatic rings. The molecule has 0 unspecified atom stereocenters. The molecule has 1 aliphatic heterocycles. The van der Waals surface area contributed by atoms with E-state index >= 15 is 0 Å². The van der Waals surface area contributed by atoms with Gasteiger partial charge >= 0.3 is 0 Å². The van der Waals surface area contributed by atoms with Crippen molar-refractivity contribution in [2.45, 2.75) is 32.9 Å². The van der Waals surface area contributed by atoms with E-state index in [0.29, 0.717) is 19.8 Å². The van der Waals surface area contributed by atoms with Crippen molar-refractivity contribution in [3.05, 3.63) is 47.5 Å². The topological polar surface area (TPSA) is 56.6 Å². The van der Waals surface area contributed by atoms with Crippen molar-refractivity contribution >= 4 is 5.91 Å². The van der Waals surface area contributed by atoms with E-state index in [2.05, 4.69) is 4.98 Å². The number of amides is 1. The lowest BCUT2D eigenvalue weighted by molar-refractivity contribution is -0.138. The second-order valence-electron chi connectivity index (χ2n) is 6.34. The summed E-state index contributed by atoms with van der Waals surface area (Å²) in [5, 5.41) is 0. The van der Waals surface area contributed by atoms with E-state index in [9.17, 15) is 4.79 Å². The number of ether oxygens (including phenoxy) is 2. The molecule has 0 saturated carbocycles. The van der Waals surface area contributed by atoms with E-state index in [1.807, 2.05) is 54.6 Å². The molecule has 0 bridgehead atoms. The van der Waals surface area contributed by atoms with Crippen molar-refractivity contribution in [3.63, 3.8) is 0 Å². The molecule has 134 valence electrons. The summed E-state index contributed by atoms with van der Waals surface area (Å²) in [6, 6.07) is 7.73. The van der Waals surface area contributed by atoms with Crippen LogP contribution in [0.2, 0.25) is 0 Å². The Morgan fingerprint density at radius 1 is 1.36 bits per heavy atom. The van der Waals surface area contributed by atoms with Gasteiger partial charge in [-0.05, 0) is 25.5 Å². The molecule has 25 heavy (non-hydrogen) atoms. The largest absolute Gasteiger partial charge is 0.484 e. The third-order valence-electron chi connectivity index (χ3n) is 4.61. The summed E-state index contributed by atoms with van der Waals surface area (Å²) >= 11 is 0. The maximum Gasteiger partial charge on any atom is 0.261 e. The van der Waals surface area contributed by atoms with Crippen LogP contribution in [0.5, 0.6) is 5.75 Å². The van der Waals surface area contributed by atoms with E-state index in [-0.39, 0.29) is 18.6 Å². The minimum Gasteiger partial charge on any atom is -0.484 e. The van der Waals surface area contributed by atoms with Crippen LogP contribution in [0.25, 0.3) is 0 Å². The fraction of sp³-hybridized carbons (Fsp3) is 0.474. The molecule has 0 aliphatic carbocycles. The quantitative estimate of drug-likeness (QED) is 0.806.